The second-order valence-electron chi connectivity index (χ2n) is 4.70. The number of aromatic nitrogens is 1. The normalized spacial score (nSPS) is 23.7. The molecule has 1 aliphatic rings. The molecule has 18 heavy (non-hydrogen) atoms. The molecule has 2 unspecified atom stereocenters. The quantitative estimate of drug-likeness (QED) is 0.863. The van der Waals surface area contributed by atoms with Crippen molar-refractivity contribution in [3.63, 3.8) is 0 Å². The average molecular weight is 332 g/mol. The molecule has 98 valence electrons. The lowest BCUT2D eigenvalue weighted by Gasteiger charge is -2.25. The lowest BCUT2D eigenvalue weighted by atomic mass is 9.89. The van der Waals surface area contributed by atoms with Gasteiger partial charge < -0.3 is 5.32 Å². The first kappa shape index (κ1) is 13.8. The summed E-state index contributed by atoms with van der Waals surface area (Å²) >= 11 is 9.42. The fourth-order valence-corrected chi connectivity index (χ4v) is 2.89. The Morgan fingerprint density at radius 2 is 2.33 bits per heavy atom. The molecular weight excluding hydrogens is 316 g/mol. The molecule has 0 aromatic carbocycles. The van der Waals surface area contributed by atoms with Crippen molar-refractivity contribution in [1.82, 2.24) is 10.3 Å². The smallest absolute Gasteiger partial charge is 0.269 e. The number of nitrogens with zero attached hydrogens (tertiary/aromatic N) is 1. The van der Waals surface area contributed by atoms with Crippen LogP contribution < -0.4 is 5.32 Å². The molecule has 2 rings (SSSR count). The van der Waals surface area contributed by atoms with E-state index in [-0.39, 0.29) is 11.3 Å². The van der Waals surface area contributed by atoms with Crippen molar-refractivity contribution in [3.05, 3.63) is 28.5 Å². The van der Waals surface area contributed by atoms with Gasteiger partial charge in [0.15, 0.2) is 0 Å². The minimum Gasteiger partial charge on any atom is -0.350 e. The van der Waals surface area contributed by atoms with Crippen LogP contribution in [0.1, 0.15) is 36.2 Å². The first-order valence-electron chi connectivity index (χ1n) is 6.19. The van der Waals surface area contributed by atoms with E-state index >= 15 is 0 Å². The lowest BCUT2D eigenvalue weighted by Crippen LogP contribution is -2.32. The minimum atomic E-state index is -0.112. The summed E-state index contributed by atoms with van der Waals surface area (Å²) in [5.74, 6) is 0.389. The molecule has 1 heterocycles. The lowest BCUT2D eigenvalue weighted by molar-refractivity contribution is 0.0938. The molecule has 2 atom stereocenters. The third-order valence-electron chi connectivity index (χ3n) is 3.23. The van der Waals surface area contributed by atoms with E-state index in [2.05, 4.69) is 26.2 Å². The van der Waals surface area contributed by atoms with Gasteiger partial charge in [-0.2, -0.15) is 0 Å². The Morgan fingerprint density at radius 3 is 3.00 bits per heavy atom. The number of carbonyl (C=O) groups excluding carboxylic acids is 1. The predicted molar refractivity (Wildman–Crippen MR) is 75.9 cm³/mol. The number of hydrogen-bond acceptors (Lipinski definition) is 2. The number of hydrogen-bond donors (Lipinski definition) is 1. The van der Waals surface area contributed by atoms with Gasteiger partial charge in [-0.3, -0.25) is 4.79 Å². The summed E-state index contributed by atoms with van der Waals surface area (Å²) in [7, 11) is 0. The second kappa shape index (κ2) is 6.53. The molecule has 1 aromatic heterocycles. The summed E-state index contributed by atoms with van der Waals surface area (Å²) < 4.78 is 0.872. The topological polar surface area (TPSA) is 42.0 Å². The molecule has 3 nitrogen and oxygen atoms in total. The summed E-state index contributed by atoms with van der Waals surface area (Å²) in [6.45, 7) is 0.694. The number of rotatable bonds is 3. The Balaban J connectivity index is 1.82. The van der Waals surface area contributed by atoms with Crippen molar-refractivity contribution in [2.45, 2.75) is 31.1 Å². The van der Waals surface area contributed by atoms with Crippen LogP contribution in [0.25, 0.3) is 0 Å². The summed E-state index contributed by atoms with van der Waals surface area (Å²) in [5.41, 5.74) is 0.455. The molecule has 1 aromatic rings. The standard InChI is InChI=1S/C13H16BrClN2O/c14-10-4-5-12(16-8-10)13(18)17-7-9-2-1-3-11(15)6-9/h4-5,8-9,11H,1-3,6-7H2,(H,17,18). The van der Waals surface area contributed by atoms with Crippen molar-refractivity contribution in [2.24, 2.45) is 5.92 Å². The Bertz CT molecular complexity index is 410. The van der Waals surface area contributed by atoms with Crippen LogP contribution >= 0.6 is 27.5 Å². The fourth-order valence-electron chi connectivity index (χ4n) is 2.25. The van der Waals surface area contributed by atoms with Crippen LogP contribution in [0.4, 0.5) is 0 Å². The van der Waals surface area contributed by atoms with Crippen molar-refractivity contribution in [3.8, 4) is 0 Å². The summed E-state index contributed by atoms with van der Waals surface area (Å²) in [6, 6.07) is 3.53. The number of amides is 1. The number of nitrogens with one attached hydrogen (secondary N) is 1. The number of pyridine rings is 1. The van der Waals surface area contributed by atoms with E-state index < -0.39 is 0 Å². The first-order chi connectivity index (χ1) is 8.65. The Labute approximate surface area is 120 Å². The van der Waals surface area contributed by atoms with Crippen molar-refractivity contribution in [2.75, 3.05) is 6.54 Å². The van der Waals surface area contributed by atoms with Gasteiger partial charge in [0.25, 0.3) is 5.91 Å². The monoisotopic (exact) mass is 330 g/mol. The fraction of sp³-hybridized carbons (Fsp3) is 0.538. The molecule has 1 amide bonds. The highest BCUT2D eigenvalue weighted by molar-refractivity contribution is 9.10. The number of carbonyl (C=O) groups is 1. The highest BCUT2D eigenvalue weighted by atomic mass is 79.9. The van der Waals surface area contributed by atoms with Crippen LogP contribution in [0.15, 0.2) is 22.8 Å². The maximum atomic E-state index is 11.9. The molecule has 1 N–H and O–H groups in total. The van der Waals surface area contributed by atoms with E-state index in [1.807, 2.05) is 6.07 Å². The molecule has 5 heteroatoms. The van der Waals surface area contributed by atoms with Gasteiger partial charge >= 0.3 is 0 Å². The Morgan fingerprint density at radius 1 is 1.50 bits per heavy atom. The van der Waals surface area contributed by atoms with Gasteiger partial charge in [-0.1, -0.05) is 6.42 Å². The van der Waals surface area contributed by atoms with Gasteiger partial charge in [0.05, 0.1) is 0 Å². The van der Waals surface area contributed by atoms with E-state index in [1.54, 1.807) is 12.3 Å². The molecule has 0 spiro atoms. The van der Waals surface area contributed by atoms with Crippen LogP contribution in [-0.2, 0) is 0 Å². The zero-order valence-electron chi connectivity index (χ0n) is 10.0. The minimum absolute atomic E-state index is 0.112. The molecular formula is C13H16BrClN2O. The molecule has 1 saturated carbocycles. The van der Waals surface area contributed by atoms with Crippen LogP contribution in [0, 0.1) is 5.92 Å². The van der Waals surface area contributed by atoms with Crippen molar-refractivity contribution < 1.29 is 4.79 Å². The van der Waals surface area contributed by atoms with Crippen molar-refractivity contribution >= 4 is 33.4 Å². The van der Waals surface area contributed by atoms with Gasteiger partial charge in [-0.25, -0.2) is 4.98 Å². The third-order valence-corrected chi connectivity index (χ3v) is 4.10. The highest BCUT2D eigenvalue weighted by Gasteiger charge is 2.20. The van der Waals surface area contributed by atoms with E-state index in [1.165, 1.54) is 0 Å². The van der Waals surface area contributed by atoms with Crippen LogP contribution in [0.2, 0.25) is 0 Å². The summed E-state index contributed by atoms with van der Waals surface area (Å²) in [5, 5.41) is 3.20. The Kier molecular flexibility index (Phi) is 5.01. The van der Waals surface area contributed by atoms with Crippen LogP contribution in [0.5, 0.6) is 0 Å². The van der Waals surface area contributed by atoms with Gasteiger partial charge in [-0.15, -0.1) is 11.6 Å². The molecule has 1 aliphatic carbocycles. The highest BCUT2D eigenvalue weighted by Crippen LogP contribution is 2.27. The first-order valence-corrected chi connectivity index (χ1v) is 7.42. The van der Waals surface area contributed by atoms with E-state index in [0.717, 1.165) is 30.2 Å². The Hall–Kier alpha value is -0.610. The van der Waals surface area contributed by atoms with E-state index in [0.29, 0.717) is 18.2 Å². The molecule has 0 radical (unpaired) electrons. The average Bonchev–Trinajstić information content (AvgIpc) is 2.37. The van der Waals surface area contributed by atoms with Gasteiger partial charge in [0.2, 0.25) is 0 Å². The molecule has 0 saturated heterocycles. The SMILES string of the molecule is O=C(NCC1CCCC(Cl)C1)c1ccc(Br)cn1. The predicted octanol–water partition coefficient (Wildman–Crippen LogP) is 3.37. The largest absolute Gasteiger partial charge is 0.350 e. The number of alkyl halides is 1. The maximum absolute atomic E-state index is 11.9. The summed E-state index contributed by atoms with van der Waals surface area (Å²) in [6.07, 6.45) is 6.03. The third kappa shape index (κ3) is 3.95. The van der Waals surface area contributed by atoms with Gasteiger partial charge in [0.1, 0.15) is 5.69 Å². The van der Waals surface area contributed by atoms with Crippen LogP contribution in [-0.4, -0.2) is 22.8 Å². The van der Waals surface area contributed by atoms with Crippen LogP contribution in [0.3, 0.4) is 0 Å². The zero-order chi connectivity index (χ0) is 13.0. The zero-order valence-corrected chi connectivity index (χ0v) is 12.4. The van der Waals surface area contributed by atoms with Gasteiger partial charge in [-0.05, 0) is 53.2 Å². The van der Waals surface area contributed by atoms with E-state index in [9.17, 15) is 4.79 Å². The molecule has 0 bridgehead atoms. The number of halogens is 2. The maximum Gasteiger partial charge on any atom is 0.269 e. The second-order valence-corrected chi connectivity index (χ2v) is 6.23. The van der Waals surface area contributed by atoms with E-state index in [4.69, 9.17) is 11.6 Å². The van der Waals surface area contributed by atoms with Crippen molar-refractivity contribution in [1.29, 1.82) is 0 Å². The van der Waals surface area contributed by atoms with Gasteiger partial charge in [0, 0.05) is 22.6 Å². The summed E-state index contributed by atoms with van der Waals surface area (Å²) in [4.78, 5) is 15.9. The molecule has 1 fully saturated rings. The molecule has 0 aliphatic heterocycles.